The van der Waals surface area contributed by atoms with Crippen LogP contribution in [0.3, 0.4) is 0 Å². The predicted molar refractivity (Wildman–Crippen MR) is 111 cm³/mol. The van der Waals surface area contributed by atoms with Crippen LogP contribution in [0.2, 0.25) is 0 Å². The molecule has 3 saturated heterocycles. The van der Waals surface area contributed by atoms with Gasteiger partial charge in [0.25, 0.3) is 12.4 Å². The minimum absolute atomic E-state index is 0.0149. The third kappa shape index (κ3) is 4.57. The van der Waals surface area contributed by atoms with Crippen LogP contribution < -0.4 is 5.32 Å². The third-order valence-electron chi connectivity index (χ3n) is 6.67. The normalized spacial score (nSPS) is 27.0. The highest BCUT2D eigenvalue weighted by molar-refractivity contribution is 5.93. The Morgan fingerprint density at radius 3 is 2.61 bits per heavy atom. The van der Waals surface area contributed by atoms with E-state index in [0.29, 0.717) is 37.7 Å². The van der Waals surface area contributed by atoms with E-state index in [2.05, 4.69) is 15.2 Å². The number of aromatic nitrogens is 2. The lowest BCUT2D eigenvalue weighted by Crippen LogP contribution is -2.67. The Bertz CT molecular complexity index is 834. The zero-order valence-corrected chi connectivity index (χ0v) is 18.3. The van der Waals surface area contributed by atoms with Crippen molar-refractivity contribution in [3.05, 3.63) is 17.7 Å². The van der Waals surface area contributed by atoms with Gasteiger partial charge in [-0.15, -0.1) is 0 Å². The van der Waals surface area contributed by atoms with Gasteiger partial charge < -0.3 is 24.8 Å². The van der Waals surface area contributed by atoms with E-state index in [0.717, 1.165) is 25.0 Å². The molecule has 2 N–H and O–H groups in total. The van der Waals surface area contributed by atoms with Crippen LogP contribution in [-0.4, -0.2) is 80.4 Å². The van der Waals surface area contributed by atoms with Gasteiger partial charge in [0.05, 0.1) is 18.1 Å². The first-order valence-electron chi connectivity index (χ1n) is 10.7. The topological polar surface area (TPSA) is 125 Å². The number of rotatable bonds is 3. The Morgan fingerprint density at radius 1 is 1.32 bits per heavy atom. The molecule has 0 unspecified atom stereocenters. The second kappa shape index (κ2) is 9.49. The number of nitrogens with one attached hydrogen (secondary N) is 1. The number of hydrogen-bond acceptors (Lipinski definition) is 5. The van der Waals surface area contributed by atoms with E-state index in [1.54, 1.807) is 10.9 Å². The van der Waals surface area contributed by atoms with Crippen molar-refractivity contribution in [2.45, 2.75) is 51.6 Å². The molecule has 3 aliphatic rings. The van der Waals surface area contributed by atoms with E-state index in [-0.39, 0.29) is 42.2 Å². The van der Waals surface area contributed by atoms with Crippen molar-refractivity contribution in [1.29, 1.82) is 0 Å². The molecule has 0 aliphatic carbocycles. The molecule has 0 saturated carbocycles. The highest BCUT2D eigenvalue weighted by atomic mass is 16.3. The van der Waals surface area contributed by atoms with Crippen molar-refractivity contribution >= 4 is 24.2 Å². The van der Waals surface area contributed by atoms with Gasteiger partial charge in [0.15, 0.2) is 0 Å². The minimum Gasteiger partial charge on any atom is -0.483 e. The number of imidazole rings is 1. The van der Waals surface area contributed by atoms with Crippen LogP contribution in [-0.2, 0) is 21.4 Å². The Hall–Kier alpha value is -2.91. The average Bonchev–Trinajstić information content (AvgIpc) is 3.06. The van der Waals surface area contributed by atoms with Crippen LogP contribution in [0.25, 0.3) is 0 Å². The number of likely N-dealkylation sites (tertiary alicyclic amines) is 1. The number of fused-ring (bicyclic) bond motifs is 4. The number of aryl methyl sites for hydroxylation is 2. The molecule has 4 atom stereocenters. The molecule has 4 heterocycles. The second-order valence-corrected chi connectivity index (χ2v) is 8.63. The van der Waals surface area contributed by atoms with Gasteiger partial charge in [-0.05, 0) is 38.0 Å². The first-order valence-corrected chi connectivity index (χ1v) is 10.7. The third-order valence-corrected chi connectivity index (χ3v) is 6.67. The van der Waals surface area contributed by atoms with Crippen molar-refractivity contribution in [2.24, 2.45) is 18.9 Å². The number of carbonyl (C=O) groups is 4. The van der Waals surface area contributed by atoms with Crippen molar-refractivity contribution in [3.63, 3.8) is 0 Å². The second-order valence-electron chi connectivity index (χ2n) is 8.63. The number of hydrogen-bond donors (Lipinski definition) is 2. The van der Waals surface area contributed by atoms with Crippen LogP contribution >= 0.6 is 0 Å². The lowest BCUT2D eigenvalue weighted by Gasteiger charge is -2.56. The number of amides is 3. The maximum atomic E-state index is 13.2. The van der Waals surface area contributed by atoms with Gasteiger partial charge >= 0.3 is 0 Å². The lowest BCUT2D eigenvalue weighted by molar-refractivity contribution is -0.151. The zero-order chi connectivity index (χ0) is 22.7. The molecular formula is C21H31N5O5. The summed E-state index contributed by atoms with van der Waals surface area (Å²) in [6.07, 6.45) is 5.15. The largest absolute Gasteiger partial charge is 0.483 e. The number of piperidine rings is 3. The van der Waals surface area contributed by atoms with E-state index in [4.69, 9.17) is 9.90 Å². The van der Waals surface area contributed by atoms with Crippen molar-refractivity contribution in [2.75, 3.05) is 19.6 Å². The number of carbonyl (C=O) groups excluding carboxylic acids is 3. The first-order chi connectivity index (χ1) is 14.8. The molecule has 2 bridgehead atoms. The molecule has 170 valence electrons. The van der Waals surface area contributed by atoms with Gasteiger partial charge in [0, 0.05) is 46.1 Å². The highest BCUT2D eigenvalue weighted by Gasteiger charge is 2.50. The maximum absolute atomic E-state index is 13.2. The summed E-state index contributed by atoms with van der Waals surface area (Å²) < 4.78 is 1.78. The van der Waals surface area contributed by atoms with E-state index in [9.17, 15) is 14.4 Å². The average molecular weight is 434 g/mol. The standard InChI is InChI=1S/C20H29N5O3.CH2O2/c1-12-19(23(3)11-22-12)20(28)24-9-14-7-15(10-24)17(8-21-13(2)26)25-16(14)5-4-6-18(25)27;2-1-3/h11,14-17H,4-10H2,1-3H3,(H,21,26);1H,(H,2,3)/t14-,15+,16+,17+;/m1./s1. The van der Waals surface area contributed by atoms with Crippen LogP contribution in [0.1, 0.15) is 48.8 Å². The Kier molecular flexibility index (Phi) is 6.97. The fraction of sp³-hybridized carbons (Fsp3) is 0.667. The highest BCUT2D eigenvalue weighted by Crippen LogP contribution is 2.41. The van der Waals surface area contributed by atoms with Gasteiger partial charge in [-0.2, -0.15) is 0 Å². The molecule has 10 heteroatoms. The summed E-state index contributed by atoms with van der Waals surface area (Å²) in [7, 11) is 1.85. The summed E-state index contributed by atoms with van der Waals surface area (Å²) in [5.74, 6) is 0.609. The van der Waals surface area contributed by atoms with Crippen LogP contribution in [0.4, 0.5) is 0 Å². The maximum Gasteiger partial charge on any atom is 0.290 e. The Labute approximate surface area is 181 Å². The molecular weight excluding hydrogens is 402 g/mol. The summed E-state index contributed by atoms with van der Waals surface area (Å²) in [5.41, 5.74) is 1.38. The van der Waals surface area contributed by atoms with Gasteiger partial charge in [0.2, 0.25) is 11.8 Å². The Morgan fingerprint density at radius 2 is 2.00 bits per heavy atom. The fourth-order valence-electron chi connectivity index (χ4n) is 5.45. The molecule has 3 amide bonds. The van der Waals surface area contributed by atoms with Crippen LogP contribution in [0.15, 0.2) is 6.33 Å². The molecule has 0 spiro atoms. The summed E-state index contributed by atoms with van der Waals surface area (Å²) in [6.45, 7) is 4.87. The first kappa shape index (κ1) is 22.8. The molecule has 0 radical (unpaired) electrons. The molecule has 1 aromatic rings. The number of carboxylic acid groups (broad SMARTS) is 1. The van der Waals surface area contributed by atoms with E-state index in [1.807, 2.05) is 18.9 Å². The molecule has 1 aromatic heterocycles. The molecule has 4 rings (SSSR count). The summed E-state index contributed by atoms with van der Waals surface area (Å²) in [4.78, 5) is 54.1. The monoisotopic (exact) mass is 433 g/mol. The quantitative estimate of drug-likeness (QED) is 0.665. The summed E-state index contributed by atoms with van der Waals surface area (Å²) in [5, 5.41) is 9.80. The zero-order valence-electron chi connectivity index (χ0n) is 18.3. The van der Waals surface area contributed by atoms with E-state index >= 15 is 0 Å². The van der Waals surface area contributed by atoms with Crippen molar-refractivity contribution in [3.8, 4) is 0 Å². The van der Waals surface area contributed by atoms with Gasteiger partial charge in [-0.25, -0.2) is 4.98 Å². The van der Waals surface area contributed by atoms with E-state index < -0.39 is 0 Å². The molecule has 31 heavy (non-hydrogen) atoms. The van der Waals surface area contributed by atoms with Crippen LogP contribution in [0, 0.1) is 18.8 Å². The molecule has 0 aromatic carbocycles. The minimum atomic E-state index is -0.250. The smallest absolute Gasteiger partial charge is 0.290 e. The van der Waals surface area contributed by atoms with Crippen molar-refractivity contribution < 1.29 is 24.3 Å². The lowest BCUT2D eigenvalue weighted by atomic mass is 9.72. The van der Waals surface area contributed by atoms with Crippen molar-refractivity contribution in [1.82, 2.24) is 24.7 Å². The molecule has 3 fully saturated rings. The fourth-order valence-corrected chi connectivity index (χ4v) is 5.45. The predicted octanol–water partition coefficient (Wildman–Crippen LogP) is 0.407. The summed E-state index contributed by atoms with van der Waals surface area (Å²) in [6, 6.07) is 0.126. The Balaban J connectivity index is 0.000000858. The molecule has 10 nitrogen and oxygen atoms in total. The van der Waals surface area contributed by atoms with Gasteiger partial charge in [-0.3, -0.25) is 19.2 Å². The van der Waals surface area contributed by atoms with Gasteiger partial charge in [0.1, 0.15) is 5.69 Å². The van der Waals surface area contributed by atoms with E-state index in [1.165, 1.54) is 6.92 Å². The SMILES string of the molecule is CC(=O)NC[C@H]1[C@H]2C[C@H](CN(C(=O)c3c(C)ncn3C)C2)[C@@H]2CCCC(=O)N21.O=CO. The summed E-state index contributed by atoms with van der Waals surface area (Å²) >= 11 is 0. The molecule has 3 aliphatic heterocycles. The number of nitrogens with zero attached hydrogens (tertiary/aromatic N) is 4. The van der Waals surface area contributed by atoms with Gasteiger partial charge in [-0.1, -0.05) is 0 Å². The van der Waals surface area contributed by atoms with Crippen LogP contribution in [0.5, 0.6) is 0 Å².